The van der Waals surface area contributed by atoms with Crippen molar-refractivity contribution in [3.63, 3.8) is 0 Å². The predicted octanol–water partition coefficient (Wildman–Crippen LogP) is 4.09. The highest BCUT2D eigenvalue weighted by Crippen LogP contribution is 2.25. The molecule has 1 aromatic carbocycles. The van der Waals surface area contributed by atoms with Crippen molar-refractivity contribution < 1.29 is 9.53 Å². The molecule has 1 unspecified atom stereocenters. The fourth-order valence-corrected chi connectivity index (χ4v) is 2.49. The van der Waals surface area contributed by atoms with E-state index < -0.39 is 0 Å². The third-order valence-corrected chi connectivity index (χ3v) is 3.39. The van der Waals surface area contributed by atoms with Gasteiger partial charge in [0.15, 0.2) is 0 Å². The molecular weight excluding hydrogens is 365 g/mol. The van der Waals surface area contributed by atoms with Crippen LogP contribution >= 0.6 is 34.2 Å². The minimum Gasteiger partial charge on any atom is -0.464 e. The van der Waals surface area contributed by atoms with Crippen LogP contribution in [0.1, 0.15) is 26.7 Å². The molecule has 0 aliphatic rings. The number of benzene rings is 1. The van der Waals surface area contributed by atoms with Crippen molar-refractivity contribution in [1.82, 2.24) is 0 Å². The summed E-state index contributed by atoms with van der Waals surface area (Å²) in [5.74, 6) is -0.228. The van der Waals surface area contributed by atoms with E-state index in [-0.39, 0.29) is 12.0 Å². The summed E-state index contributed by atoms with van der Waals surface area (Å²) >= 11 is 8.33. The summed E-state index contributed by atoms with van der Waals surface area (Å²) in [6.07, 6.45) is 1.62. The van der Waals surface area contributed by atoms with Gasteiger partial charge in [0.05, 0.1) is 17.3 Å². The average molecular weight is 382 g/mol. The molecule has 0 radical (unpaired) electrons. The normalized spacial score (nSPS) is 12.0. The van der Waals surface area contributed by atoms with E-state index in [0.29, 0.717) is 11.6 Å². The summed E-state index contributed by atoms with van der Waals surface area (Å²) in [6.45, 7) is 4.23. The molecule has 100 valence electrons. The maximum atomic E-state index is 11.8. The number of anilines is 1. The third-order valence-electron chi connectivity index (χ3n) is 2.41. The second-order valence-corrected chi connectivity index (χ2v) is 5.51. The number of hydrogen-bond acceptors (Lipinski definition) is 3. The fraction of sp³-hybridized carbons (Fsp3) is 0.462. The van der Waals surface area contributed by atoms with Gasteiger partial charge in [-0.3, -0.25) is 0 Å². The van der Waals surface area contributed by atoms with Gasteiger partial charge in [0.1, 0.15) is 6.04 Å². The minimum absolute atomic E-state index is 0.228. The molecule has 0 aliphatic carbocycles. The molecular formula is C13H17ClINO2. The lowest BCUT2D eigenvalue weighted by Gasteiger charge is -2.18. The number of hydrogen-bond donors (Lipinski definition) is 1. The standard InChI is InChI=1S/C13H17ClINO2/c1-3-5-12(13(17)18-4-2)16-11-7-6-9(15)8-10(11)14/h6-8,12,16H,3-5H2,1-2H3. The lowest BCUT2D eigenvalue weighted by atomic mass is 10.1. The van der Waals surface area contributed by atoms with E-state index in [9.17, 15) is 4.79 Å². The van der Waals surface area contributed by atoms with Gasteiger partial charge >= 0.3 is 5.97 Å². The fourth-order valence-electron chi connectivity index (χ4n) is 1.57. The number of esters is 1. The van der Waals surface area contributed by atoms with Crippen molar-refractivity contribution in [2.24, 2.45) is 0 Å². The van der Waals surface area contributed by atoms with Gasteiger partial charge in [0, 0.05) is 3.57 Å². The molecule has 0 spiro atoms. The highest BCUT2D eigenvalue weighted by Gasteiger charge is 2.19. The Labute approximate surface area is 126 Å². The first kappa shape index (κ1) is 15.6. The van der Waals surface area contributed by atoms with E-state index in [1.165, 1.54) is 0 Å². The number of carbonyl (C=O) groups is 1. The van der Waals surface area contributed by atoms with Crippen LogP contribution in [-0.4, -0.2) is 18.6 Å². The van der Waals surface area contributed by atoms with Crippen LogP contribution in [-0.2, 0) is 9.53 Å². The molecule has 0 fully saturated rings. The molecule has 1 N–H and O–H groups in total. The number of rotatable bonds is 6. The molecule has 0 heterocycles. The van der Waals surface area contributed by atoms with Crippen molar-refractivity contribution >= 4 is 45.8 Å². The van der Waals surface area contributed by atoms with Crippen LogP contribution in [0, 0.1) is 3.57 Å². The van der Waals surface area contributed by atoms with E-state index in [4.69, 9.17) is 16.3 Å². The molecule has 1 atom stereocenters. The topological polar surface area (TPSA) is 38.3 Å². The van der Waals surface area contributed by atoms with Crippen molar-refractivity contribution in [2.45, 2.75) is 32.7 Å². The quantitative estimate of drug-likeness (QED) is 0.596. The van der Waals surface area contributed by atoms with Gasteiger partial charge in [-0.1, -0.05) is 24.9 Å². The first-order valence-corrected chi connectivity index (χ1v) is 7.42. The maximum absolute atomic E-state index is 11.8. The summed E-state index contributed by atoms with van der Waals surface area (Å²) in [5, 5.41) is 3.77. The Morgan fingerprint density at radius 3 is 2.78 bits per heavy atom. The lowest BCUT2D eigenvalue weighted by molar-refractivity contribution is -0.144. The summed E-state index contributed by atoms with van der Waals surface area (Å²) in [4.78, 5) is 11.8. The van der Waals surface area contributed by atoms with Crippen LogP contribution in [0.4, 0.5) is 5.69 Å². The number of nitrogens with one attached hydrogen (secondary N) is 1. The van der Waals surface area contributed by atoms with Gasteiger partial charge in [-0.15, -0.1) is 0 Å². The maximum Gasteiger partial charge on any atom is 0.328 e. The van der Waals surface area contributed by atoms with Gasteiger partial charge in [-0.25, -0.2) is 4.79 Å². The van der Waals surface area contributed by atoms with Crippen LogP contribution < -0.4 is 5.32 Å². The minimum atomic E-state index is -0.340. The summed E-state index contributed by atoms with van der Waals surface area (Å²) in [6, 6.07) is 5.35. The van der Waals surface area contributed by atoms with Crippen LogP contribution in [0.2, 0.25) is 5.02 Å². The molecule has 1 aromatic rings. The summed E-state index contributed by atoms with van der Waals surface area (Å²) in [7, 11) is 0. The Kier molecular flexibility index (Phi) is 6.78. The molecule has 0 amide bonds. The Bertz CT molecular complexity index is 412. The highest BCUT2D eigenvalue weighted by atomic mass is 127. The lowest BCUT2D eigenvalue weighted by Crippen LogP contribution is -2.31. The molecule has 18 heavy (non-hydrogen) atoms. The Morgan fingerprint density at radius 2 is 2.22 bits per heavy atom. The third kappa shape index (κ3) is 4.65. The highest BCUT2D eigenvalue weighted by molar-refractivity contribution is 14.1. The van der Waals surface area contributed by atoms with Gasteiger partial charge in [0.2, 0.25) is 0 Å². The Balaban J connectivity index is 2.79. The van der Waals surface area contributed by atoms with Crippen LogP contribution in [0.25, 0.3) is 0 Å². The van der Waals surface area contributed by atoms with E-state index >= 15 is 0 Å². The average Bonchev–Trinajstić information content (AvgIpc) is 2.32. The predicted molar refractivity (Wildman–Crippen MR) is 83.1 cm³/mol. The first-order valence-electron chi connectivity index (χ1n) is 5.96. The number of ether oxygens (including phenoxy) is 1. The molecule has 0 aromatic heterocycles. The largest absolute Gasteiger partial charge is 0.464 e. The summed E-state index contributed by atoms with van der Waals surface area (Å²) < 4.78 is 6.11. The van der Waals surface area contributed by atoms with Crippen molar-refractivity contribution in [3.8, 4) is 0 Å². The van der Waals surface area contributed by atoms with E-state index in [0.717, 1.165) is 22.1 Å². The zero-order valence-electron chi connectivity index (χ0n) is 10.5. The molecule has 3 nitrogen and oxygen atoms in total. The van der Waals surface area contributed by atoms with Crippen LogP contribution in [0.3, 0.4) is 0 Å². The second kappa shape index (κ2) is 7.84. The van der Waals surface area contributed by atoms with Gasteiger partial charge in [-0.05, 0) is 54.1 Å². The number of halogens is 2. The molecule has 0 saturated carbocycles. The molecule has 0 saturated heterocycles. The first-order chi connectivity index (χ1) is 8.58. The second-order valence-electron chi connectivity index (χ2n) is 3.86. The van der Waals surface area contributed by atoms with Crippen molar-refractivity contribution in [1.29, 1.82) is 0 Å². The van der Waals surface area contributed by atoms with Crippen LogP contribution in [0.5, 0.6) is 0 Å². The van der Waals surface area contributed by atoms with Gasteiger partial charge < -0.3 is 10.1 Å². The van der Waals surface area contributed by atoms with Crippen molar-refractivity contribution in [3.05, 3.63) is 26.8 Å². The molecule has 0 aliphatic heterocycles. The molecule has 0 bridgehead atoms. The van der Waals surface area contributed by atoms with Gasteiger partial charge in [-0.2, -0.15) is 0 Å². The SMILES string of the molecule is CCCC(Nc1ccc(I)cc1Cl)C(=O)OCC. The van der Waals surface area contributed by atoms with Crippen molar-refractivity contribution in [2.75, 3.05) is 11.9 Å². The zero-order chi connectivity index (χ0) is 13.5. The summed E-state index contributed by atoms with van der Waals surface area (Å²) in [5.41, 5.74) is 0.767. The van der Waals surface area contributed by atoms with E-state index in [1.807, 2.05) is 25.1 Å². The number of carbonyl (C=O) groups excluding carboxylic acids is 1. The van der Waals surface area contributed by atoms with Gasteiger partial charge in [0.25, 0.3) is 0 Å². The molecule has 5 heteroatoms. The Hall–Kier alpha value is -0.490. The van der Waals surface area contributed by atoms with E-state index in [2.05, 4.69) is 27.9 Å². The Morgan fingerprint density at radius 1 is 1.50 bits per heavy atom. The zero-order valence-corrected chi connectivity index (χ0v) is 13.4. The van der Waals surface area contributed by atoms with Crippen LogP contribution in [0.15, 0.2) is 18.2 Å². The monoisotopic (exact) mass is 381 g/mol. The smallest absolute Gasteiger partial charge is 0.328 e. The molecule has 1 rings (SSSR count). The van der Waals surface area contributed by atoms with E-state index in [1.54, 1.807) is 6.92 Å².